The van der Waals surface area contributed by atoms with Crippen LogP contribution >= 0.6 is 11.3 Å². The third-order valence-corrected chi connectivity index (χ3v) is 7.35. The van der Waals surface area contributed by atoms with Gasteiger partial charge in [0.1, 0.15) is 16.2 Å². The molecule has 0 bridgehead atoms. The number of hydrogen-bond acceptors (Lipinski definition) is 7. The standard InChI is InChI=1S/C22H24N6OS/c1-14-6-7-15-18(12-14)30-22-20(15)21(28-17-5-3-2-4-16(17)25-26-28)23-19(24-22)13-27-8-10-29-11-9-27/h2-5,14H,6-13H2,1H3/t14-/m1/s1. The van der Waals surface area contributed by atoms with Crippen LogP contribution in [0.4, 0.5) is 0 Å². The summed E-state index contributed by atoms with van der Waals surface area (Å²) in [5, 5.41) is 10.0. The van der Waals surface area contributed by atoms with E-state index in [0.717, 1.165) is 79.1 Å². The Morgan fingerprint density at radius 2 is 2.03 bits per heavy atom. The SMILES string of the molecule is C[C@@H]1CCc2c(sc3nc(CN4CCOCC4)nc(-n4nnc5ccccc54)c23)C1. The van der Waals surface area contributed by atoms with Crippen molar-refractivity contribution in [2.75, 3.05) is 26.3 Å². The maximum absolute atomic E-state index is 5.50. The van der Waals surface area contributed by atoms with Crippen LogP contribution < -0.4 is 0 Å². The molecule has 1 aliphatic heterocycles. The van der Waals surface area contributed by atoms with Gasteiger partial charge in [0.05, 0.1) is 30.7 Å². The second-order valence-corrected chi connectivity index (χ2v) is 9.46. The van der Waals surface area contributed by atoms with Crippen LogP contribution in [-0.4, -0.2) is 56.2 Å². The van der Waals surface area contributed by atoms with E-state index >= 15 is 0 Å². The summed E-state index contributed by atoms with van der Waals surface area (Å²) in [4.78, 5) is 15.0. The highest BCUT2D eigenvalue weighted by Crippen LogP contribution is 2.39. The number of aryl methyl sites for hydroxylation is 1. The number of para-hydroxylation sites is 1. The van der Waals surface area contributed by atoms with Crippen molar-refractivity contribution in [3.63, 3.8) is 0 Å². The highest BCUT2D eigenvalue weighted by Gasteiger charge is 2.26. The Kier molecular flexibility index (Phi) is 4.51. The van der Waals surface area contributed by atoms with E-state index in [2.05, 4.69) is 28.2 Å². The second kappa shape index (κ2) is 7.37. The Morgan fingerprint density at radius 1 is 1.17 bits per heavy atom. The smallest absolute Gasteiger partial charge is 0.168 e. The van der Waals surface area contributed by atoms with Gasteiger partial charge in [-0.05, 0) is 42.9 Å². The van der Waals surface area contributed by atoms with Crippen LogP contribution in [0.15, 0.2) is 24.3 Å². The van der Waals surface area contributed by atoms with Crippen molar-refractivity contribution in [1.82, 2.24) is 29.9 Å². The molecule has 4 heterocycles. The minimum Gasteiger partial charge on any atom is -0.379 e. The molecule has 4 aromatic rings. The predicted octanol–water partition coefficient (Wildman–Crippen LogP) is 3.38. The largest absolute Gasteiger partial charge is 0.379 e. The molecule has 0 N–H and O–H groups in total. The highest BCUT2D eigenvalue weighted by molar-refractivity contribution is 7.18. The first-order valence-corrected chi connectivity index (χ1v) is 11.5. The molecule has 2 aliphatic rings. The zero-order chi connectivity index (χ0) is 20.1. The molecule has 0 unspecified atom stereocenters. The van der Waals surface area contributed by atoms with Gasteiger partial charge in [-0.15, -0.1) is 16.4 Å². The molecule has 3 aromatic heterocycles. The Morgan fingerprint density at radius 3 is 2.93 bits per heavy atom. The van der Waals surface area contributed by atoms with Crippen molar-refractivity contribution >= 4 is 32.6 Å². The Labute approximate surface area is 178 Å². The average molecular weight is 421 g/mol. The normalized spacial score (nSPS) is 20.1. The zero-order valence-corrected chi connectivity index (χ0v) is 17.9. The number of rotatable bonds is 3. The molecule has 1 fully saturated rings. The molecular formula is C22H24N6OS. The molecule has 0 spiro atoms. The van der Waals surface area contributed by atoms with Gasteiger partial charge in [-0.3, -0.25) is 4.90 Å². The summed E-state index contributed by atoms with van der Waals surface area (Å²) in [5.41, 5.74) is 3.29. The summed E-state index contributed by atoms with van der Waals surface area (Å²) in [5.74, 6) is 2.46. The first-order valence-electron chi connectivity index (χ1n) is 10.7. The van der Waals surface area contributed by atoms with Gasteiger partial charge in [-0.2, -0.15) is 4.68 Å². The maximum Gasteiger partial charge on any atom is 0.168 e. The lowest BCUT2D eigenvalue weighted by Gasteiger charge is -2.25. The molecule has 0 amide bonds. The fourth-order valence-corrected chi connectivity index (χ4v) is 5.97. The lowest BCUT2D eigenvalue weighted by molar-refractivity contribution is 0.0331. The number of hydrogen-bond donors (Lipinski definition) is 0. The summed E-state index contributed by atoms with van der Waals surface area (Å²) in [6.45, 7) is 6.46. The van der Waals surface area contributed by atoms with E-state index < -0.39 is 0 Å². The summed E-state index contributed by atoms with van der Waals surface area (Å²) in [6.07, 6.45) is 3.43. The van der Waals surface area contributed by atoms with Crippen LogP contribution in [0.25, 0.3) is 27.1 Å². The van der Waals surface area contributed by atoms with Gasteiger partial charge in [0.25, 0.3) is 0 Å². The van der Waals surface area contributed by atoms with E-state index in [1.165, 1.54) is 22.2 Å². The molecular weight excluding hydrogens is 396 g/mol. The van der Waals surface area contributed by atoms with Crippen LogP contribution in [0.5, 0.6) is 0 Å². The van der Waals surface area contributed by atoms with Gasteiger partial charge in [0, 0.05) is 18.0 Å². The minimum absolute atomic E-state index is 0.724. The Balaban J connectivity index is 1.54. The molecule has 1 atom stereocenters. The van der Waals surface area contributed by atoms with Crippen molar-refractivity contribution in [2.24, 2.45) is 5.92 Å². The summed E-state index contributed by atoms with van der Waals surface area (Å²) >= 11 is 1.84. The number of nitrogens with zero attached hydrogens (tertiary/aromatic N) is 6. The van der Waals surface area contributed by atoms with Crippen molar-refractivity contribution < 1.29 is 4.74 Å². The van der Waals surface area contributed by atoms with E-state index in [1.807, 2.05) is 34.2 Å². The van der Waals surface area contributed by atoms with Crippen molar-refractivity contribution in [3.8, 4) is 5.82 Å². The Hall–Kier alpha value is -2.42. The monoisotopic (exact) mass is 420 g/mol. The van der Waals surface area contributed by atoms with Gasteiger partial charge in [-0.25, -0.2) is 9.97 Å². The van der Waals surface area contributed by atoms with Gasteiger partial charge < -0.3 is 4.74 Å². The molecule has 30 heavy (non-hydrogen) atoms. The van der Waals surface area contributed by atoms with Gasteiger partial charge in [0.15, 0.2) is 5.82 Å². The van der Waals surface area contributed by atoms with Crippen LogP contribution in [-0.2, 0) is 24.1 Å². The number of morpholine rings is 1. The van der Waals surface area contributed by atoms with E-state index in [-0.39, 0.29) is 0 Å². The van der Waals surface area contributed by atoms with Crippen LogP contribution in [0.2, 0.25) is 0 Å². The lowest BCUT2D eigenvalue weighted by atomic mass is 9.89. The summed E-state index contributed by atoms with van der Waals surface area (Å²) < 4.78 is 7.41. The quantitative estimate of drug-likeness (QED) is 0.506. The second-order valence-electron chi connectivity index (χ2n) is 8.37. The number of thiophene rings is 1. The summed E-state index contributed by atoms with van der Waals surface area (Å²) in [7, 11) is 0. The lowest BCUT2D eigenvalue weighted by Crippen LogP contribution is -2.36. The maximum atomic E-state index is 5.50. The molecule has 0 saturated carbocycles. The molecule has 1 aliphatic carbocycles. The molecule has 1 aromatic carbocycles. The van der Waals surface area contributed by atoms with Crippen LogP contribution in [0, 0.1) is 5.92 Å². The number of aromatic nitrogens is 5. The summed E-state index contributed by atoms with van der Waals surface area (Å²) in [6, 6.07) is 8.08. The topological polar surface area (TPSA) is 69.0 Å². The molecule has 7 nitrogen and oxygen atoms in total. The average Bonchev–Trinajstić information content (AvgIpc) is 3.34. The van der Waals surface area contributed by atoms with E-state index in [1.54, 1.807) is 0 Å². The van der Waals surface area contributed by atoms with Crippen molar-refractivity contribution in [3.05, 3.63) is 40.5 Å². The number of ether oxygens (including phenoxy) is 1. The van der Waals surface area contributed by atoms with Crippen LogP contribution in [0.1, 0.15) is 29.6 Å². The van der Waals surface area contributed by atoms with E-state index in [0.29, 0.717) is 0 Å². The third-order valence-electron chi connectivity index (χ3n) is 6.20. The Bertz CT molecular complexity index is 1230. The fraction of sp³-hybridized carbons (Fsp3) is 0.455. The number of benzene rings is 1. The molecule has 6 rings (SSSR count). The highest BCUT2D eigenvalue weighted by atomic mass is 32.1. The van der Waals surface area contributed by atoms with Crippen molar-refractivity contribution in [2.45, 2.75) is 32.7 Å². The zero-order valence-electron chi connectivity index (χ0n) is 17.0. The minimum atomic E-state index is 0.724. The predicted molar refractivity (Wildman–Crippen MR) is 117 cm³/mol. The van der Waals surface area contributed by atoms with Gasteiger partial charge in [0.2, 0.25) is 0 Å². The van der Waals surface area contributed by atoms with Crippen molar-refractivity contribution in [1.29, 1.82) is 0 Å². The molecule has 0 radical (unpaired) electrons. The molecule has 154 valence electrons. The first kappa shape index (κ1) is 18.4. The molecule has 8 heteroatoms. The van der Waals surface area contributed by atoms with E-state index in [4.69, 9.17) is 14.7 Å². The van der Waals surface area contributed by atoms with Gasteiger partial charge >= 0.3 is 0 Å². The van der Waals surface area contributed by atoms with Crippen LogP contribution in [0.3, 0.4) is 0 Å². The van der Waals surface area contributed by atoms with E-state index in [9.17, 15) is 0 Å². The fourth-order valence-electron chi connectivity index (χ4n) is 4.57. The molecule has 1 saturated heterocycles. The first-order chi connectivity index (χ1) is 14.8. The third kappa shape index (κ3) is 3.10. The van der Waals surface area contributed by atoms with Gasteiger partial charge in [-0.1, -0.05) is 24.3 Å². The number of fused-ring (bicyclic) bond motifs is 4.